The lowest BCUT2D eigenvalue weighted by Crippen LogP contribution is -2.36. The van der Waals surface area contributed by atoms with E-state index in [1.165, 1.54) is 0 Å². The zero-order valence-electron chi connectivity index (χ0n) is 5.35. The van der Waals surface area contributed by atoms with Crippen molar-refractivity contribution in [3.8, 4) is 0 Å². The zero-order chi connectivity index (χ0) is 9.28. The molecule has 0 aromatic heterocycles. The fraction of sp³-hybridized carbons (Fsp3) is 0.600. The van der Waals surface area contributed by atoms with Crippen molar-refractivity contribution in [3.05, 3.63) is 11.9 Å². The van der Waals surface area contributed by atoms with E-state index in [2.05, 4.69) is 0 Å². The third-order valence-corrected chi connectivity index (χ3v) is 0.909. The van der Waals surface area contributed by atoms with Crippen LogP contribution in [0.1, 0.15) is 6.92 Å². The average Bonchev–Trinajstić information content (AvgIpc) is 1.83. The Morgan fingerprint density at radius 2 is 1.45 bits per heavy atom. The molecule has 0 fully saturated rings. The average molecular weight is 178 g/mol. The molecule has 0 rings (SSSR count). The number of alkyl halides is 5. The van der Waals surface area contributed by atoms with Crippen molar-refractivity contribution in [2.45, 2.75) is 19.0 Å². The monoisotopic (exact) mass is 178 g/mol. The van der Waals surface area contributed by atoms with Crippen LogP contribution in [0.4, 0.5) is 26.3 Å². The Labute approximate surface area is 58.5 Å². The molecule has 66 valence electrons. The molecular formula is C5H4F6. The number of allylic oxidation sites excluding steroid dienone is 2. The summed E-state index contributed by atoms with van der Waals surface area (Å²) in [5, 5.41) is 0. The summed E-state index contributed by atoms with van der Waals surface area (Å²) in [6.45, 7) is 0.759. The number of hydrogen-bond acceptors (Lipinski definition) is 0. The van der Waals surface area contributed by atoms with Crippen LogP contribution in [0.3, 0.4) is 0 Å². The van der Waals surface area contributed by atoms with E-state index in [4.69, 9.17) is 0 Å². The highest BCUT2D eigenvalue weighted by Gasteiger charge is 2.60. The van der Waals surface area contributed by atoms with Crippen molar-refractivity contribution in [2.24, 2.45) is 0 Å². The van der Waals surface area contributed by atoms with Crippen molar-refractivity contribution in [1.82, 2.24) is 0 Å². The quantitative estimate of drug-likeness (QED) is 0.541. The van der Waals surface area contributed by atoms with Gasteiger partial charge in [-0.1, -0.05) is 0 Å². The van der Waals surface area contributed by atoms with Gasteiger partial charge in [0.15, 0.2) is 5.83 Å². The molecule has 0 amide bonds. The van der Waals surface area contributed by atoms with Gasteiger partial charge in [-0.25, -0.2) is 4.39 Å². The van der Waals surface area contributed by atoms with E-state index < -0.39 is 17.9 Å². The van der Waals surface area contributed by atoms with Gasteiger partial charge in [0, 0.05) is 0 Å². The Morgan fingerprint density at radius 1 is 1.09 bits per heavy atom. The molecule has 0 aliphatic rings. The van der Waals surface area contributed by atoms with Gasteiger partial charge in [-0.2, -0.15) is 22.0 Å². The molecule has 0 nitrogen and oxygen atoms in total. The van der Waals surface area contributed by atoms with Crippen LogP contribution < -0.4 is 0 Å². The fourth-order valence-corrected chi connectivity index (χ4v) is 0.317. The van der Waals surface area contributed by atoms with Gasteiger partial charge in [0.1, 0.15) is 0 Å². The lowest BCUT2D eigenvalue weighted by molar-refractivity contribution is -0.270. The van der Waals surface area contributed by atoms with E-state index in [1.54, 1.807) is 0 Å². The van der Waals surface area contributed by atoms with E-state index in [1.807, 2.05) is 0 Å². The molecule has 0 heterocycles. The van der Waals surface area contributed by atoms with Crippen LogP contribution in [0.5, 0.6) is 0 Å². The predicted octanol–water partition coefficient (Wildman–Crippen LogP) is 3.06. The largest absolute Gasteiger partial charge is 0.460 e. The van der Waals surface area contributed by atoms with E-state index in [0.717, 1.165) is 6.92 Å². The molecule has 0 radical (unpaired) electrons. The molecular weight excluding hydrogens is 174 g/mol. The Balaban J connectivity index is 4.74. The summed E-state index contributed by atoms with van der Waals surface area (Å²) in [5.74, 6) is -7.84. The van der Waals surface area contributed by atoms with Crippen molar-refractivity contribution in [2.75, 3.05) is 0 Å². The van der Waals surface area contributed by atoms with E-state index in [9.17, 15) is 26.3 Å². The van der Waals surface area contributed by atoms with Gasteiger partial charge < -0.3 is 0 Å². The lowest BCUT2D eigenvalue weighted by atomic mass is 10.3. The molecule has 0 saturated heterocycles. The standard InChI is InChI=1S/C5H4F6/c1-2-3(6)4(7,8)5(9,10)11/h2H,1H3. The van der Waals surface area contributed by atoms with Crippen LogP contribution in [0.25, 0.3) is 0 Å². The SMILES string of the molecule is CC=C(F)C(F)(F)C(F)(F)F. The number of halogens is 6. The summed E-state index contributed by atoms with van der Waals surface area (Å²) in [6, 6.07) is 0. The van der Waals surface area contributed by atoms with Crippen LogP contribution in [0.15, 0.2) is 11.9 Å². The minimum absolute atomic E-state index is 0.0769. The highest BCUT2D eigenvalue weighted by molar-refractivity contribution is 5.06. The van der Waals surface area contributed by atoms with Crippen molar-refractivity contribution < 1.29 is 26.3 Å². The Hall–Kier alpha value is -0.680. The molecule has 0 aromatic rings. The molecule has 0 aliphatic heterocycles. The molecule has 0 aliphatic carbocycles. The third-order valence-electron chi connectivity index (χ3n) is 0.909. The first kappa shape index (κ1) is 10.3. The van der Waals surface area contributed by atoms with Crippen LogP contribution in [0.2, 0.25) is 0 Å². The first-order chi connectivity index (χ1) is 4.73. The summed E-state index contributed by atoms with van der Waals surface area (Å²) in [7, 11) is 0. The Morgan fingerprint density at radius 3 is 1.55 bits per heavy atom. The number of rotatable bonds is 1. The van der Waals surface area contributed by atoms with E-state index in [-0.39, 0.29) is 6.08 Å². The maximum atomic E-state index is 11.8. The minimum Gasteiger partial charge on any atom is -0.205 e. The topological polar surface area (TPSA) is 0 Å². The first-order valence-electron chi connectivity index (χ1n) is 2.50. The summed E-state index contributed by atoms with van der Waals surface area (Å²) >= 11 is 0. The first-order valence-corrected chi connectivity index (χ1v) is 2.50. The second kappa shape index (κ2) is 2.75. The summed E-state index contributed by atoms with van der Waals surface area (Å²) in [5.41, 5.74) is 0. The molecule has 6 heteroatoms. The van der Waals surface area contributed by atoms with Gasteiger partial charge in [0.2, 0.25) is 0 Å². The van der Waals surface area contributed by atoms with Crippen molar-refractivity contribution in [1.29, 1.82) is 0 Å². The highest BCUT2D eigenvalue weighted by Crippen LogP contribution is 2.41. The second-order valence-electron chi connectivity index (χ2n) is 1.71. The van der Waals surface area contributed by atoms with Gasteiger partial charge in [-0.15, -0.1) is 0 Å². The van der Waals surface area contributed by atoms with Gasteiger partial charge in [0.05, 0.1) is 0 Å². The summed E-state index contributed by atoms with van der Waals surface area (Å²) < 4.78 is 69.0. The number of hydrogen-bond donors (Lipinski definition) is 0. The van der Waals surface area contributed by atoms with Gasteiger partial charge >= 0.3 is 12.1 Å². The smallest absolute Gasteiger partial charge is 0.205 e. The molecule has 0 N–H and O–H groups in total. The van der Waals surface area contributed by atoms with Gasteiger partial charge in [0.25, 0.3) is 0 Å². The molecule has 0 bridgehead atoms. The van der Waals surface area contributed by atoms with Gasteiger partial charge in [-0.3, -0.25) is 0 Å². The van der Waals surface area contributed by atoms with Crippen molar-refractivity contribution >= 4 is 0 Å². The maximum absolute atomic E-state index is 11.8. The van der Waals surface area contributed by atoms with E-state index >= 15 is 0 Å². The van der Waals surface area contributed by atoms with Crippen LogP contribution in [-0.2, 0) is 0 Å². The molecule has 0 saturated carbocycles. The normalized spacial score (nSPS) is 15.4. The maximum Gasteiger partial charge on any atom is 0.460 e. The minimum atomic E-state index is -5.86. The lowest BCUT2D eigenvalue weighted by Gasteiger charge is -2.16. The van der Waals surface area contributed by atoms with Crippen LogP contribution in [0, 0.1) is 0 Å². The molecule has 0 unspecified atom stereocenters. The van der Waals surface area contributed by atoms with Crippen LogP contribution >= 0.6 is 0 Å². The third kappa shape index (κ3) is 1.87. The molecule has 0 aromatic carbocycles. The van der Waals surface area contributed by atoms with Crippen LogP contribution in [-0.4, -0.2) is 12.1 Å². The Bertz CT molecular complexity index is 164. The molecule has 0 atom stereocenters. The van der Waals surface area contributed by atoms with Gasteiger partial charge in [-0.05, 0) is 13.0 Å². The molecule has 11 heavy (non-hydrogen) atoms. The summed E-state index contributed by atoms with van der Waals surface area (Å²) in [6.07, 6.45) is -5.78. The molecule has 0 spiro atoms. The Kier molecular flexibility index (Phi) is 2.58. The zero-order valence-corrected chi connectivity index (χ0v) is 5.35. The fourth-order valence-electron chi connectivity index (χ4n) is 0.317. The van der Waals surface area contributed by atoms with E-state index in [0.29, 0.717) is 0 Å². The highest BCUT2D eigenvalue weighted by atomic mass is 19.4. The van der Waals surface area contributed by atoms with Crippen molar-refractivity contribution in [3.63, 3.8) is 0 Å². The predicted molar refractivity (Wildman–Crippen MR) is 25.9 cm³/mol. The second-order valence-corrected chi connectivity index (χ2v) is 1.71. The summed E-state index contributed by atoms with van der Waals surface area (Å²) in [4.78, 5) is 0.